The third kappa shape index (κ3) is 5.91. The minimum absolute atomic E-state index is 0.0133. The first-order valence-electron chi connectivity index (χ1n) is 5.54. The van der Waals surface area contributed by atoms with Gasteiger partial charge in [0.1, 0.15) is 13.2 Å². The highest BCUT2D eigenvalue weighted by Crippen LogP contribution is 2.11. The summed E-state index contributed by atoms with van der Waals surface area (Å²) in [7, 11) is 0. The van der Waals surface area contributed by atoms with Crippen molar-refractivity contribution in [2.45, 2.75) is 18.9 Å². The number of esters is 1. The predicted octanol–water partition coefficient (Wildman–Crippen LogP) is 0.621. The highest BCUT2D eigenvalue weighted by atomic mass is 16.6. The molecule has 0 bridgehead atoms. The van der Waals surface area contributed by atoms with Crippen LogP contribution in [0.2, 0.25) is 0 Å². The molecule has 0 aliphatic carbocycles. The van der Waals surface area contributed by atoms with Gasteiger partial charge >= 0.3 is 12.1 Å². The summed E-state index contributed by atoms with van der Waals surface area (Å²) in [6, 6.07) is 0. The van der Waals surface area contributed by atoms with Gasteiger partial charge in [-0.25, -0.2) is 9.59 Å². The molecule has 6 heteroatoms. The maximum Gasteiger partial charge on any atom is 0.407 e. The van der Waals surface area contributed by atoms with E-state index in [4.69, 9.17) is 9.47 Å². The van der Waals surface area contributed by atoms with Crippen molar-refractivity contribution in [1.29, 1.82) is 0 Å². The molecule has 0 aromatic heterocycles. The van der Waals surface area contributed by atoms with E-state index in [1.54, 1.807) is 0 Å². The van der Waals surface area contributed by atoms with Gasteiger partial charge in [0, 0.05) is 12.7 Å². The van der Waals surface area contributed by atoms with Crippen molar-refractivity contribution < 1.29 is 23.8 Å². The summed E-state index contributed by atoms with van der Waals surface area (Å²) < 4.78 is 14.9. The second kappa shape index (κ2) is 7.67. The van der Waals surface area contributed by atoms with E-state index in [0.717, 1.165) is 25.5 Å². The van der Waals surface area contributed by atoms with Gasteiger partial charge in [0.25, 0.3) is 0 Å². The summed E-state index contributed by atoms with van der Waals surface area (Å²) in [5.74, 6) is -0.514. The lowest BCUT2D eigenvalue weighted by Crippen LogP contribution is -2.30. The topological polar surface area (TPSA) is 73.9 Å². The molecule has 6 nitrogen and oxygen atoms in total. The van der Waals surface area contributed by atoms with Gasteiger partial charge in [-0.15, -0.1) is 0 Å². The molecule has 1 saturated heterocycles. The summed E-state index contributed by atoms with van der Waals surface area (Å²) in [6.07, 6.45) is 2.47. The van der Waals surface area contributed by atoms with Crippen molar-refractivity contribution in [2.24, 2.45) is 0 Å². The number of nitrogens with one attached hydrogen (secondary N) is 1. The van der Waals surface area contributed by atoms with Crippen molar-refractivity contribution >= 4 is 12.1 Å². The van der Waals surface area contributed by atoms with Crippen LogP contribution in [-0.4, -0.2) is 44.5 Å². The monoisotopic (exact) mass is 243 g/mol. The van der Waals surface area contributed by atoms with Crippen LogP contribution in [0.1, 0.15) is 12.8 Å². The predicted molar refractivity (Wildman–Crippen MR) is 59.5 cm³/mol. The molecule has 96 valence electrons. The summed E-state index contributed by atoms with van der Waals surface area (Å²) in [5, 5.41) is 2.46. The summed E-state index contributed by atoms with van der Waals surface area (Å²) in [4.78, 5) is 21.8. The van der Waals surface area contributed by atoms with Crippen molar-refractivity contribution in [3.05, 3.63) is 12.7 Å². The Morgan fingerprint density at radius 2 is 2.29 bits per heavy atom. The van der Waals surface area contributed by atoms with E-state index in [1.807, 2.05) is 0 Å². The molecule has 0 spiro atoms. The van der Waals surface area contributed by atoms with Crippen LogP contribution in [0.5, 0.6) is 0 Å². The number of rotatable bonds is 6. The molecule has 1 atom stereocenters. The Labute approximate surface area is 99.9 Å². The molecule has 1 unspecified atom stereocenters. The fourth-order valence-corrected chi connectivity index (χ4v) is 1.36. The Morgan fingerprint density at radius 3 is 2.94 bits per heavy atom. The van der Waals surface area contributed by atoms with Gasteiger partial charge in [-0.05, 0) is 12.8 Å². The second-order valence-electron chi connectivity index (χ2n) is 3.53. The molecule has 1 rings (SSSR count). The van der Waals surface area contributed by atoms with Crippen LogP contribution in [0.25, 0.3) is 0 Å². The van der Waals surface area contributed by atoms with Gasteiger partial charge in [-0.2, -0.15) is 0 Å². The molecule has 1 amide bonds. The minimum atomic E-state index is -0.532. The third-order valence-corrected chi connectivity index (χ3v) is 2.21. The molecule has 1 fully saturated rings. The van der Waals surface area contributed by atoms with Crippen molar-refractivity contribution in [1.82, 2.24) is 5.32 Å². The smallest absolute Gasteiger partial charge is 0.407 e. The Hall–Kier alpha value is -1.56. The lowest BCUT2D eigenvalue weighted by atomic mass is 10.2. The normalized spacial score (nSPS) is 18.5. The molecule has 1 aliphatic heterocycles. The van der Waals surface area contributed by atoms with E-state index in [9.17, 15) is 9.59 Å². The summed E-state index contributed by atoms with van der Waals surface area (Å²) in [6.45, 7) is 4.55. The van der Waals surface area contributed by atoms with Crippen LogP contribution in [0.4, 0.5) is 4.79 Å². The van der Waals surface area contributed by atoms with E-state index >= 15 is 0 Å². The number of carbonyl (C=O) groups excluding carboxylic acids is 2. The number of ether oxygens (including phenoxy) is 3. The molecular weight excluding hydrogens is 226 g/mol. The Morgan fingerprint density at radius 1 is 1.47 bits per heavy atom. The molecule has 1 N–H and O–H groups in total. The fraction of sp³-hybridized carbons (Fsp3) is 0.636. The van der Waals surface area contributed by atoms with Crippen LogP contribution < -0.4 is 5.32 Å². The largest absolute Gasteiger partial charge is 0.461 e. The van der Waals surface area contributed by atoms with Crippen LogP contribution in [0.3, 0.4) is 0 Å². The number of hydrogen-bond donors (Lipinski definition) is 1. The van der Waals surface area contributed by atoms with Crippen LogP contribution in [0, 0.1) is 0 Å². The zero-order chi connectivity index (χ0) is 12.5. The highest BCUT2D eigenvalue weighted by molar-refractivity contribution is 5.81. The lowest BCUT2D eigenvalue weighted by molar-refractivity contribution is -0.137. The maximum absolute atomic E-state index is 11.2. The molecule has 0 aromatic rings. The number of carbonyl (C=O) groups is 2. The molecule has 0 radical (unpaired) electrons. The average molecular weight is 243 g/mol. The third-order valence-electron chi connectivity index (χ3n) is 2.21. The van der Waals surface area contributed by atoms with E-state index in [1.165, 1.54) is 0 Å². The zero-order valence-corrected chi connectivity index (χ0v) is 9.65. The van der Waals surface area contributed by atoms with Crippen molar-refractivity contribution in [3.63, 3.8) is 0 Å². The quantitative estimate of drug-likeness (QED) is 0.420. The molecule has 1 heterocycles. The van der Waals surface area contributed by atoms with E-state index in [-0.39, 0.29) is 25.9 Å². The highest BCUT2D eigenvalue weighted by Gasteiger charge is 2.17. The molecule has 1 aliphatic rings. The summed E-state index contributed by atoms with van der Waals surface area (Å²) in [5.41, 5.74) is 0. The average Bonchev–Trinajstić information content (AvgIpc) is 2.84. The molecule has 0 aromatic carbocycles. The van der Waals surface area contributed by atoms with Crippen molar-refractivity contribution in [3.8, 4) is 0 Å². The van der Waals surface area contributed by atoms with Gasteiger partial charge in [-0.1, -0.05) is 6.58 Å². The van der Waals surface area contributed by atoms with Gasteiger partial charge < -0.3 is 19.5 Å². The first kappa shape index (κ1) is 13.5. The van der Waals surface area contributed by atoms with Gasteiger partial charge in [0.15, 0.2) is 0 Å². The van der Waals surface area contributed by atoms with E-state index in [2.05, 4.69) is 16.6 Å². The zero-order valence-electron chi connectivity index (χ0n) is 9.65. The standard InChI is InChI=1S/C11H17NO5/c1-2-10(13)16-7-5-12-11(14)17-8-9-4-3-6-15-9/h2,9H,1,3-8H2,(H,12,14). The number of amides is 1. The first-order valence-corrected chi connectivity index (χ1v) is 5.54. The molecule has 0 saturated carbocycles. The van der Waals surface area contributed by atoms with Crippen LogP contribution >= 0.6 is 0 Å². The van der Waals surface area contributed by atoms with E-state index in [0.29, 0.717) is 0 Å². The van der Waals surface area contributed by atoms with Crippen LogP contribution in [0.15, 0.2) is 12.7 Å². The number of hydrogen-bond acceptors (Lipinski definition) is 5. The van der Waals surface area contributed by atoms with Crippen LogP contribution in [-0.2, 0) is 19.0 Å². The molecular formula is C11H17NO5. The first-order chi connectivity index (χ1) is 8.22. The van der Waals surface area contributed by atoms with Gasteiger partial charge in [0.05, 0.1) is 12.6 Å². The van der Waals surface area contributed by atoms with E-state index < -0.39 is 12.1 Å². The SMILES string of the molecule is C=CC(=O)OCCNC(=O)OCC1CCCO1. The minimum Gasteiger partial charge on any atom is -0.461 e. The van der Waals surface area contributed by atoms with Crippen molar-refractivity contribution in [2.75, 3.05) is 26.4 Å². The van der Waals surface area contributed by atoms with Gasteiger partial charge in [-0.3, -0.25) is 0 Å². The lowest BCUT2D eigenvalue weighted by Gasteiger charge is -2.10. The van der Waals surface area contributed by atoms with Gasteiger partial charge in [0.2, 0.25) is 0 Å². The summed E-state index contributed by atoms with van der Waals surface area (Å²) >= 11 is 0. The second-order valence-corrected chi connectivity index (χ2v) is 3.53. The molecule has 17 heavy (non-hydrogen) atoms. The Balaban J connectivity index is 1.97. The maximum atomic E-state index is 11.2. The fourth-order valence-electron chi connectivity index (χ4n) is 1.36. The Bertz CT molecular complexity index is 273. The Kier molecular flexibility index (Phi) is 6.09. The number of alkyl carbamates (subject to hydrolysis) is 1.